The fraction of sp³-hybridized carbons (Fsp3) is 0.588. The zero-order chi connectivity index (χ0) is 18.4. The molecule has 144 valence electrons. The van der Waals surface area contributed by atoms with Gasteiger partial charge in [-0.1, -0.05) is 26.0 Å². The molecule has 1 atom stereocenters. The highest BCUT2D eigenvalue weighted by Gasteiger charge is 2.34. The molecule has 0 fully saturated rings. The third-order valence-electron chi connectivity index (χ3n) is 4.36. The van der Waals surface area contributed by atoms with Gasteiger partial charge in [-0.2, -0.15) is 13.2 Å². The minimum absolute atomic E-state index is 0. The van der Waals surface area contributed by atoms with E-state index in [4.69, 9.17) is 5.73 Å². The number of nitrogens with two attached hydrogens (primary N) is 1. The normalized spacial score (nSPS) is 12.9. The molecule has 4 nitrogen and oxygen atoms in total. The molecule has 8 heteroatoms. The van der Waals surface area contributed by atoms with Crippen LogP contribution in [0.2, 0.25) is 0 Å². The average Bonchev–Trinajstić information content (AvgIpc) is 2.55. The molecule has 1 amide bonds. The fourth-order valence-electron chi connectivity index (χ4n) is 2.40. The van der Waals surface area contributed by atoms with Gasteiger partial charge in [-0.05, 0) is 37.5 Å². The maximum absolute atomic E-state index is 12.5. The van der Waals surface area contributed by atoms with E-state index in [0.29, 0.717) is 12.8 Å². The van der Waals surface area contributed by atoms with Gasteiger partial charge in [-0.25, -0.2) is 0 Å². The molecule has 1 unspecified atom stereocenters. The van der Waals surface area contributed by atoms with Crippen molar-refractivity contribution in [3.63, 3.8) is 0 Å². The number of alkyl halides is 3. The standard InChI is InChI=1S/C17H25F3N2O2.ClH/c1-4-16(5-2,10-21)15(23)22-12(3)13-6-8-14(9-7-13)24-11-17(18,19)20;/h6-9,12H,4-5,10-11,21H2,1-3H3,(H,22,23);1H. The molecule has 0 saturated heterocycles. The van der Waals surface area contributed by atoms with Gasteiger partial charge in [0.15, 0.2) is 6.61 Å². The Labute approximate surface area is 152 Å². The van der Waals surface area contributed by atoms with E-state index >= 15 is 0 Å². The van der Waals surface area contributed by atoms with E-state index < -0.39 is 18.2 Å². The lowest BCUT2D eigenvalue weighted by molar-refractivity contribution is -0.153. The van der Waals surface area contributed by atoms with Crippen LogP contribution in [-0.2, 0) is 4.79 Å². The molecular formula is C17H26ClF3N2O2. The Hall–Kier alpha value is -1.47. The van der Waals surface area contributed by atoms with E-state index in [9.17, 15) is 18.0 Å². The van der Waals surface area contributed by atoms with Crippen LogP contribution >= 0.6 is 12.4 Å². The van der Waals surface area contributed by atoms with Gasteiger partial charge in [0.25, 0.3) is 0 Å². The molecular weight excluding hydrogens is 357 g/mol. The summed E-state index contributed by atoms with van der Waals surface area (Å²) in [5.41, 5.74) is 5.95. The Morgan fingerprint density at radius 1 is 1.20 bits per heavy atom. The molecule has 0 aromatic heterocycles. The molecule has 0 heterocycles. The molecule has 0 aliphatic rings. The Bertz CT molecular complexity index is 523. The number of carbonyl (C=O) groups excluding carboxylic acids is 1. The van der Waals surface area contributed by atoms with Crippen LogP contribution in [-0.4, -0.2) is 25.2 Å². The third kappa shape index (κ3) is 6.74. The van der Waals surface area contributed by atoms with Gasteiger partial charge in [0, 0.05) is 6.54 Å². The number of carbonyl (C=O) groups is 1. The summed E-state index contributed by atoms with van der Waals surface area (Å²) in [5.74, 6) is 0.0212. The van der Waals surface area contributed by atoms with Crippen molar-refractivity contribution in [1.29, 1.82) is 0 Å². The van der Waals surface area contributed by atoms with E-state index in [0.717, 1.165) is 5.56 Å². The van der Waals surface area contributed by atoms with Gasteiger partial charge in [0.05, 0.1) is 11.5 Å². The van der Waals surface area contributed by atoms with Crippen molar-refractivity contribution in [3.05, 3.63) is 29.8 Å². The first-order valence-electron chi connectivity index (χ1n) is 7.98. The van der Waals surface area contributed by atoms with Crippen LogP contribution < -0.4 is 15.8 Å². The van der Waals surface area contributed by atoms with Crippen LogP contribution in [0, 0.1) is 5.41 Å². The number of nitrogens with one attached hydrogen (secondary N) is 1. The first-order valence-corrected chi connectivity index (χ1v) is 7.98. The van der Waals surface area contributed by atoms with E-state index in [1.165, 1.54) is 12.1 Å². The molecule has 0 saturated carbocycles. The molecule has 0 aliphatic carbocycles. The summed E-state index contributed by atoms with van der Waals surface area (Å²) in [6, 6.07) is 5.91. The summed E-state index contributed by atoms with van der Waals surface area (Å²) < 4.78 is 41.0. The lowest BCUT2D eigenvalue weighted by Gasteiger charge is -2.30. The van der Waals surface area contributed by atoms with Crippen molar-refractivity contribution < 1.29 is 22.7 Å². The summed E-state index contributed by atoms with van der Waals surface area (Å²) in [6.07, 6.45) is -3.09. The lowest BCUT2D eigenvalue weighted by Crippen LogP contribution is -2.46. The molecule has 1 aromatic rings. The highest BCUT2D eigenvalue weighted by molar-refractivity contribution is 5.85. The average molecular weight is 383 g/mol. The second-order valence-electron chi connectivity index (χ2n) is 5.86. The van der Waals surface area contributed by atoms with Crippen LogP contribution in [0.4, 0.5) is 13.2 Å². The Morgan fingerprint density at radius 3 is 2.12 bits per heavy atom. The third-order valence-corrected chi connectivity index (χ3v) is 4.36. The molecule has 0 bridgehead atoms. The number of amides is 1. The molecule has 0 radical (unpaired) electrons. The molecule has 25 heavy (non-hydrogen) atoms. The van der Waals surface area contributed by atoms with Crippen molar-refractivity contribution in [2.75, 3.05) is 13.2 Å². The van der Waals surface area contributed by atoms with Crippen LogP contribution in [0.1, 0.15) is 45.2 Å². The Balaban J connectivity index is 0.00000576. The highest BCUT2D eigenvalue weighted by Crippen LogP contribution is 2.27. The second kappa shape index (κ2) is 9.87. The quantitative estimate of drug-likeness (QED) is 0.714. The van der Waals surface area contributed by atoms with E-state index in [1.54, 1.807) is 12.1 Å². The van der Waals surface area contributed by atoms with Crippen molar-refractivity contribution in [2.24, 2.45) is 11.1 Å². The predicted molar refractivity (Wildman–Crippen MR) is 93.9 cm³/mol. The van der Waals surface area contributed by atoms with Crippen LogP contribution in [0.15, 0.2) is 24.3 Å². The zero-order valence-electron chi connectivity index (χ0n) is 14.7. The zero-order valence-corrected chi connectivity index (χ0v) is 15.5. The number of ether oxygens (including phenoxy) is 1. The summed E-state index contributed by atoms with van der Waals surface area (Å²) >= 11 is 0. The first kappa shape index (κ1) is 23.5. The Morgan fingerprint density at radius 2 is 1.72 bits per heavy atom. The van der Waals surface area contributed by atoms with Crippen molar-refractivity contribution in [2.45, 2.75) is 45.8 Å². The number of rotatable bonds is 8. The summed E-state index contributed by atoms with van der Waals surface area (Å²) in [4.78, 5) is 12.5. The summed E-state index contributed by atoms with van der Waals surface area (Å²) in [5, 5.41) is 2.93. The van der Waals surface area contributed by atoms with Crippen molar-refractivity contribution >= 4 is 18.3 Å². The monoisotopic (exact) mass is 382 g/mol. The summed E-state index contributed by atoms with van der Waals surface area (Å²) in [7, 11) is 0. The van der Waals surface area contributed by atoms with Crippen LogP contribution in [0.3, 0.4) is 0 Å². The van der Waals surface area contributed by atoms with Crippen molar-refractivity contribution in [1.82, 2.24) is 5.32 Å². The SMILES string of the molecule is CCC(CC)(CN)C(=O)NC(C)c1ccc(OCC(F)(F)F)cc1.Cl. The smallest absolute Gasteiger partial charge is 0.422 e. The number of benzene rings is 1. The number of hydrogen-bond donors (Lipinski definition) is 2. The molecule has 1 rings (SSSR count). The van der Waals surface area contributed by atoms with E-state index in [1.807, 2.05) is 20.8 Å². The van der Waals surface area contributed by atoms with Gasteiger partial charge in [0.1, 0.15) is 5.75 Å². The predicted octanol–water partition coefficient (Wildman–Crippen LogP) is 3.99. The minimum atomic E-state index is -4.37. The van der Waals surface area contributed by atoms with Gasteiger partial charge in [-0.15, -0.1) is 12.4 Å². The van der Waals surface area contributed by atoms with Crippen molar-refractivity contribution in [3.8, 4) is 5.75 Å². The van der Waals surface area contributed by atoms with Gasteiger partial charge < -0.3 is 15.8 Å². The maximum atomic E-state index is 12.5. The molecule has 0 spiro atoms. The minimum Gasteiger partial charge on any atom is -0.484 e. The second-order valence-corrected chi connectivity index (χ2v) is 5.86. The fourth-order valence-corrected chi connectivity index (χ4v) is 2.40. The van der Waals surface area contributed by atoms with Gasteiger partial charge >= 0.3 is 6.18 Å². The molecule has 1 aromatic carbocycles. The number of hydrogen-bond acceptors (Lipinski definition) is 3. The topological polar surface area (TPSA) is 64.4 Å². The highest BCUT2D eigenvalue weighted by atomic mass is 35.5. The van der Waals surface area contributed by atoms with Gasteiger partial charge in [0.2, 0.25) is 5.91 Å². The van der Waals surface area contributed by atoms with Crippen LogP contribution in [0.5, 0.6) is 5.75 Å². The molecule has 0 aliphatic heterocycles. The molecule has 3 N–H and O–H groups in total. The van der Waals surface area contributed by atoms with E-state index in [-0.39, 0.29) is 36.7 Å². The Kier molecular flexibility index (Phi) is 9.29. The van der Waals surface area contributed by atoms with Gasteiger partial charge in [-0.3, -0.25) is 4.79 Å². The van der Waals surface area contributed by atoms with E-state index in [2.05, 4.69) is 10.1 Å². The maximum Gasteiger partial charge on any atom is 0.422 e. The first-order chi connectivity index (χ1) is 11.2. The lowest BCUT2D eigenvalue weighted by atomic mass is 9.81. The largest absolute Gasteiger partial charge is 0.484 e. The summed E-state index contributed by atoms with van der Waals surface area (Å²) in [6.45, 7) is 4.60. The number of halogens is 4. The van der Waals surface area contributed by atoms with Crippen LogP contribution in [0.25, 0.3) is 0 Å².